The Bertz CT molecular complexity index is 431. The number of hydrazone groups is 1. The highest BCUT2D eigenvalue weighted by atomic mass is 16.1. The van der Waals surface area contributed by atoms with E-state index in [2.05, 4.69) is 17.0 Å². The Morgan fingerprint density at radius 2 is 1.78 bits per heavy atom. The number of ketones is 1. The fraction of sp³-hybridized carbons (Fsp3) is 0.429. The molecule has 0 spiro atoms. The Morgan fingerprint density at radius 1 is 1.17 bits per heavy atom. The number of nitrogens with zero attached hydrogens (tertiary/aromatic N) is 3. The molecule has 0 atom stereocenters. The van der Waals surface area contributed by atoms with Crippen LogP contribution in [0.25, 0.3) is 0 Å². The lowest BCUT2D eigenvalue weighted by atomic mass is 10.1. The molecular weight excluding hydrogens is 226 g/mol. The first-order valence-corrected chi connectivity index (χ1v) is 6.23. The predicted octanol–water partition coefficient (Wildman–Crippen LogP) is 1.41. The maximum absolute atomic E-state index is 11.9. The summed E-state index contributed by atoms with van der Waals surface area (Å²) >= 11 is 0. The summed E-state index contributed by atoms with van der Waals surface area (Å²) in [7, 11) is 2.10. The van der Waals surface area contributed by atoms with Crippen LogP contribution in [0.2, 0.25) is 0 Å². The molecule has 0 saturated carbocycles. The molecule has 1 heterocycles. The lowest BCUT2D eigenvalue weighted by Crippen LogP contribution is -2.41. The number of Topliss-reactive ketones (excluding diaryl/α,β-unsaturated/α-hetero) is 1. The molecule has 2 rings (SSSR count). The van der Waals surface area contributed by atoms with Crippen molar-refractivity contribution in [2.75, 3.05) is 33.2 Å². The van der Waals surface area contributed by atoms with Crippen LogP contribution in [-0.4, -0.2) is 55.1 Å². The molecule has 4 heteroatoms. The summed E-state index contributed by atoms with van der Waals surface area (Å²) in [5, 5.41) is 6.20. The van der Waals surface area contributed by atoms with E-state index in [0.717, 1.165) is 31.7 Å². The van der Waals surface area contributed by atoms with E-state index in [0.29, 0.717) is 5.56 Å². The number of likely N-dealkylation sites (N-methyl/N-ethyl adjacent to an activating group) is 1. The van der Waals surface area contributed by atoms with Gasteiger partial charge >= 0.3 is 0 Å². The van der Waals surface area contributed by atoms with Gasteiger partial charge in [0.2, 0.25) is 5.78 Å². The molecule has 0 bridgehead atoms. The first-order valence-electron chi connectivity index (χ1n) is 6.23. The molecule has 1 aromatic rings. The second kappa shape index (κ2) is 5.78. The number of hydrogen-bond acceptors (Lipinski definition) is 4. The van der Waals surface area contributed by atoms with Crippen molar-refractivity contribution in [3.05, 3.63) is 35.4 Å². The summed E-state index contributed by atoms with van der Waals surface area (Å²) in [4.78, 5) is 14.1. The van der Waals surface area contributed by atoms with Crippen molar-refractivity contribution >= 4 is 12.0 Å². The summed E-state index contributed by atoms with van der Waals surface area (Å²) in [6.07, 6.45) is 1.43. The molecule has 1 aliphatic heterocycles. The van der Waals surface area contributed by atoms with E-state index >= 15 is 0 Å². The van der Waals surface area contributed by atoms with Gasteiger partial charge in [-0.1, -0.05) is 29.8 Å². The Hall–Kier alpha value is -1.68. The second-order valence-electron chi connectivity index (χ2n) is 4.73. The summed E-state index contributed by atoms with van der Waals surface area (Å²) in [6.45, 7) is 5.76. The van der Waals surface area contributed by atoms with Gasteiger partial charge in [0.1, 0.15) is 0 Å². The third kappa shape index (κ3) is 3.40. The summed E-state index contributed by atoms with van der Waals surface area (Å²) in [6, 6.07) is 7.56. The summed E-state index contributed by atoms with van der Waals surface area (Å²) in [5.41, 5.74) is 1.85. The van der Waals surface area contributed by atoms with Crippen molar-refractivity contribution in [1.82, 2.24) is 9.91 Å². The second-order valence-corrected chi connectivity index (χ2v) is 4.73. The van der Waals surface area contributed by atoms with Crippen molar-refractivity contribution in [2.24, 2.45) is 5.10 Å². The van der Waals surface area contributed by atoms with E-state index < -0.39 is 0 Å². The van der Waals surface area contributed by atoms with Gasteiger partial charge in [-0.05, 0) is 14.0 Å². The Labute approximate surface area is 108 Å². The van der Waals surface area contributed by atoms with Crippen LogP contribution in [0.4, 0.5) is 0 Å². The van der Waals surface area contributed by atoms with Crippen LogP contribution in [0.15, 0.2) is 29.4 Å². The third-order valence-corrected chi connectivity index (χ3v) is 3.15. The number of benzene rings is 1. The molecule has 0 amide bonds. The number of carbonyl (C=O) groups is 1. The standard InChI is InChI=1S/C14H19N3O/c1-12-3-5-13(6-4-12)14(18)11-15-17-9-7-16(2)8-10-17/h3-6,11H,7-10H2,1-2H3/b15-11+. The van der Waals surface area contributed by atoms with Crippen LogP contribution in [0.5, 0.6) is 0 Å². The molecule has 1 fully saturated rings. The quantitative estimate of drug-likeness (QED) is 0.596. The first kappa shape index (κ1) is 12.8. The minimum absolute atomic E-state index is 0.0334. The lowest BCUT2D eigenvalue weighted by Gasteiger charge is -2.30. The maximum atomic E-state index is 11.9. The maximum Gasteiger partial charge on any atom is 0.205 e. The summed E-state index contributed by atoms with van der Waals surface area (Å²) < 4.78 is 0. The van der Waals surface area contributed by atoms with Crippen LogP contribution >= 0.6 is 0 Å². The molecule has 1 aliphatic rings. The molecule has 1 aromatic carbocycles. The zero-order valence-electron chi connectivity index (χ0n) is 11.0. The topological polar surface area (TPSA) is 35.9 Å². The predicted molar refractivity (Wildman–Crippen MR) is 73.1 cm³/mol. The molecular formula is C14H19N3O. The van der Waals surface area contributed by atoms with Crippen LogP contribution in [0.3, 0.4) is 0 Å². The number of hydrogen-bond donors (Lipinski definition) is 0. The largest absolute Gasteiger partial charge is 0.303 e. The number of carbonyl (C=O) groups excluding carboxylic acids is 1. The van der Waals surface area contributed by atoms with Crippen LogP contribution in [-0.2, 0) is 0 Å². The van der Waals surface area contributed by atoms with Gasteiger partial charge in [0.15, 0.2) is 0 Å². The fourth-order valence-electron chi connectivity index (χ4n) is 1.84. The van der Waals surface area contributed by atoms with Gasteiger partial charge in [0.05, 0.1) is 6.21 Å². The summed E-state index contributed by atoms with van der Waals surface area (Å²) in [5.74, 6) is -0.0334. The molecule has 0 unspecified atom stereocenters. The zero-order chi connectivity index (χ0) is 13.0. The van der Waals surface area contributed by atoms with Crippen molar-refractivity contribution in [1.29, 1.82) is 0 Å². The third-order valence-electron chi connectivity index (χ3n) is 3.15. The van der Waals surface area contributed by atoms with Gasteiger partial charge in [0, 0.05) is 31.7 Å². The van der Waals surface area contributed by atoms with Gasteiger partial charge in [-0.3, -0.25) is 9.80 Å². The Kier molecular flexibility index (Phi) is 4.10. The number of aryl methyl sites for hydroxylation is 1. The molecule has 0 radical (unpaired) electrons. The Balaban J connectivity index is 1.92. The SMILES string of the molecule is Cc1ccc(C(=O)/C=N/N2CCN(C)CC2)cc1. The molecule has 1 saturated heterocycles. The van der Waals surface area contributed by atoms with Crippen molar-refractivity contribution in [2.45, 2.75) is 6.92 Å². The highest BCUT2D eigenvalue weighted by Crippen LogP contribution is 2.04. The van der Waals surface area contributed by atoms with Crippen LogP contribution in [0.1, 0.15) is 15.9 Å². The average Bonchev–Trinajstić information content (AvgIpc) is 2.38. The molecule has 96 valence electrons. The minimum atomic E-state index is -0.0334. The minimum Gasteiger partial charge on any atom is -0.303 e. The molecule has 0 N–H and O–H groups in total. The average molecular weight is 245 g/mol. The monoisotopic (exact) mass is 245 g/mol. The smallest absolute Gasteiger partial charge is 0.205 e. The first-order chi connectivity index (χ1) is 8.65. The van der Waals surface area contributed by atoms with E-state index in [4.69, 9.17) is 0 Å². The van der Waals surface area contributed by atoms with E-state index in [1.807, 2.05) is 36.2 Å². The molecule has 0 aliphatic carbocycles. The van der Waals surface area contributed by atoms with E-state index in [1.54, 1.807) is 0 Å². The molecule has 4 nitrogen and oxygen atoms in total. The lowest BCUT2D eigenvalue weighted by molar-refractivity contribution is 0.106. The normalized spacial score (nSPS) is 17.3. The van der Waals surface area contributed by atoms with Crippen LogP contribution in [0, 0.1) is 6.92 Å². The molecule has 18 heavy (non-hydrogen) atoms. The van der Waals surface area contributed by atoms with Gasteiger partial charge in [-0.25, -0.2) is 0 Å². The van der Waals surface area contributed by atoms with E-state index in [-0.39, 0.29) is 5.78 Å². The Morgan fingerprint density at radius 3 is 2.39 bits per heavy atom. The number of piperazine rings is 1. The van der Waals surface area contributed by atoms with Crippen molar-refractivity contribution in [3.8, 4) is 0 Å². The van der Waals surface area contributed by atoms with E-state index in [9.17, 15) is 4.79 Å². The zero-order valence-corrected chi connectivity index (χ0v) is 11.0. The highest BCUT2D eigenvalue weighted by molar-refractivity contribution is 6.35. The van der Waals surface area contributed by atoms with Gasteiger partial charge in [-0.2, -0.15) is 5.10 Å². The number of rotatable bonds is 3. The van der Waals surface area contributed by atoms with Crippen molar-refractivity contribution in [3.63, 3.8) is 0 Å². The van der Waals surface area contributed by atoms with Crippen LogP contribution < -0.4 is 0 Å². The highest BCUT2D eigenvalue weighted by Gasteiger charge is 2.11. The van der Waals surface area contributed by atoms with Gasteiger partial charge in [-0.15, -0.1) is 0 Å². The van der Waals surface area contributed by atoms with E-state index in [1.165, 1.54) is 6.21 Å². The van der Waals surface area contributed by atoms with Gasteiger partial charge < -0.3 is 4.90 Å². The van der Waals surface area contributed by atoms with Gasteiger partial charge in [0.25, 0.3) is 0 Å². The fourth-order valence-corrected chi connectivity index (χ4v) is 1.84. The van der Waals surface area contributed by atoms with Crippen molar-refractivity contribution < 1.29 is 4.79 Å². The molecule has 0 aromatic heterocycles.